The first kappa shape index (κ1) is 14.2. The van der Waals surface area contributed by atoms with E-state index in [0.29, 0.717) is 6.54 Å². The molecule has 1 aromatic carbocycles. The van der Waals surface area contributed by atoms with E-state index in [2.05, 4.69) is 15.5 Å². The van der Waals surface area contributed by atoms with E-state index in [4.69, 9.17) is 5.73 Å². The van der Waals surface area contributed by atoms with Crippen LogP contribution in [0.4, 0.5) is 5.69 Å². The molecule has 0 aliphatic heterocycles. The zero-order valence-corrected chi connectivity index (χ0v) is 11.7. The molecule has 0 saturated heterocycles. The molecule has 6 heteroatoms. The Morgan fingerprint density at radius 2 is 2.30 bits per heavy atom. The highest BCUT2D eigenvalue weighted by Gasteiger charge is 2.12. The van der Waals surface area contributed by atoms with Crippen LogP contribution in [0.25, 0.3) is 11.4 Å². The number of nitrogens with one attached hydrogen (secondary N) is 1. The van der Waals surface area contributed by atoms with E-state index in [1.165, 1.54) is 0 Å². The minimum absolute atomic E-state index is 0.0818. The van der Waals surface area contributed by atoms with Crippen molar-refractivity contribution in [3.63, 3.8) is 0 Å². The number of benzene rings is 1. The van der Waals surface area contributed by atoms with Crippen LogP contribution in [-0.4, -0.2) is 27.2 Å². The molecule has 0 aliphatic rings. The van der Waals surface area contributed by atoms with Gasteiger partial charge in [0.1, 0.15) is 6.33 Å². The number of nitrogens with two attached hydrogens (primary N) is 1. The summed E-state index contributed by atoms with van der Waals surface area (Å²) in [7, 11) is 0. The Morgan fingerprint density at radius 3 is 3.00 bits per heavy atom. The number of amides is 1. The first-order valence-electron chi connectivity index (χ1n) is 6.64. The van der Waals surface area contributed by atoms with Crippen molar-refractivity contribution in [2.45, 2.75) is 20.4 Å². The zero-order chi connectivity index (χ0) is 14.5. The monoisotopic (exact) mass is 273 g/mol. The third-order valence-corrected chi connectivity index (χ3v) is 3.15. The summed E-state index contributed by atoms with van der Waals surface area (Å²) in [5.74, 6) is 0.495. The van der Waals surface area contributed by atoms with Crippen LogP contribution in [0.15, 0.2) is 30.6 Å². The van der Waals surface area contributed by atoms with Crippen molar-refractivity contribution in [2.24, 2.45) is 11.7 Å². The van der Waals surface area contributed by atoms with Crippen molar-refractivity contribution in [1.82, 2.24) is 14.8 Å². The maximum atomic E-state index is 11.8. The van der Waals surface area contributed by atoms with Crippen molar-refractivity contribution in [1.29, 1.82) is 0 Å². The molecule has 2 rings (SSSR count). The van der Waals surface area contributed by atoms with Gasteiger partial charge in [0.25, 0.3) is 0 Å². The van der Waals surface area contributed by atoms with Gasteiger partial charge in [-0.1, -0.05) is 19.1 Å². The number of hydrogen-bond donors (Lipinski definition) is 2. The second-order valence-corrected chi connectivity index (χ2v) is 4.65. The van der Waals surface area contributed by atoms with Crippen LogP contribution in [0.3, 0.4) is 0 Å². The first-order chi connectivity index (χ1) is 9.65. The van der Waals surface area contributed by atoms with Gasteiger partial charge in [-0.3, -0.25) is 4.79 Å². The maximum absolute atomic E-state index is 11.8. The van der Waals surface area contributed by atoms with Gasteiger partial charge >= 0.3 is 0 Å². The summed E-state index contributed by atoms with van der Waals surface area (Å²) in [5.41, 5.74) is 7.14. The van der Waals surface area contributed by atoms with Gasteiger partial charge in [-0.2, -0.15) is 0 Å². The predicted molar refractivity (Wildman–Crippen MR) is 78.0 cm³/mol. The Balaban J connectivity index is 2.22. The van der Waals surface area contributed by atoms with Gasteiger partial charge in [-0.15, -0.1) is 10.2 Å². The van der Waals surface area contributed by atoms with Crippen LogP contribution in [0.1, 0.15) is 13.8 Å². The second kappa shape index (κ2) is 6.29. The van der Waals surface area contributed by atoms with Crippen LogP contribution in [0.2, 0.25) is 0 Å². The summed E-state index contributed by atoms with van der Waals surface area (Å²) in [4.78, 5) is 11.8. The molecule has 6 nitrogen and oxygen atoms in total. The third-order valence-electron chi connectivity index (χ3n) is 3.15. The molecule has 0 fully saturated rings. The fraction of sp³-hybridized carbons (Fsp3) is 0.357. The second-order valence-electron chi connectivity index (χ2n) is 4.65. The summed E-state index contributed by atoms with van der Waals surface area (Å²) < 4.78 is 1.95. The van der Waals surface area contributed by atoms with E-state index >= 15 is 0 Å². The molecule has 2 aromatic rings. The van der Waals surface area contributed by atoms with Crippen LogP contribution < -0.4 is 11.1 Å². The normalized spacial score (nSPS) is 12.2. The number of nitrogens with zero attached hydrogens (tertiary/aromatic N) is 3. The molecule has 0 radical (unpaired) electrons. The molecule has 1 unspecified atom stereocenters. The molecule has 0 spiro atoms. The molecular formula is C14H19N5O. The van der Waals surface area contributed by atoms with Gasteiger partial charge in [-0.25, -0.2) is 0 Å². The summed E-state index contributed by atoms with van der Waals surface area (Å²) >= 11 is 0. The number of hydrogen-bond acceptors (Lipinski definition) is 4. The predicted octanol–water partition coefficient (Wildman–Crippen LogP) is 1.50. The average molecular weight is 273 g/mol. The lowest BCUT2D eigenvalue weighted by Crippen LogP contribution is -2.26. The molecule has 1 atom stereocenters. The Kier molecular flexibility index (Phi) is 4.47. The van der Waals surface area contributed by atoms with Crippen LogP contribution in [0.5, 0.6) is 0 Å². The average Bonchev–Trinajstić information content (AvgIpc) is 2.95. The quantitative estimate of drug-likeness (QED) is 0.864. The van der Waals surface area contributed by atoms with Crippen LogP contribution >= 0.6 is 0 Å². The van der Waals surface area contributed by atoms with Gasteiger partial charge < -0.3 is 15.6 Å². The van der Waals surface area contributed by atoms with Crippen molar-refractivity contribution in [3.05, 3.63) is 30.6 Å². The van der Waals surface area contributed by atoms with Gasteiger partial charge in [-0.05, 0) is 19.1 Å². The number of carbonyl (C=O) groups excluding carboxylic acids is 1. The summed E-state index contributed by atoms with van der Waals surface area (Å²) in [5, 5.41) is 10.9. The van der Waals surface area contributed by atoms with Crippen molar-refractivity contribution in [3.8, 4) is 11.4 Å². The van der Waals surface area contributed by atoms with E-state index in [1.54, 1.807) is 13.3 Å². The fourth-order valence-corrected chi connectivity index (χ4v) is 1.82. The maximum Gasteiger partial charge on any atom is 0.228 e. The lowest BCUT2D eigenvalue weighted by atomic mass is 10.1. The van der Waals surface area contributed by atoms with Gasteiger partial charge in [0, 0.05) is 30.3 Å². The number of aromatic nitrogens is 3. The largest absolute Gasteiger partial charge is 0.330 e. The molecular weight excluding hydrogens is 254 g/mol. The minimum Gasteiger partial charge on any atom is -0.330 e. The molecule has 0 saturated carbocycles. The van der Waals surface area contributed by atoms with Gasteiger partial charge in [0.15, 0.2) is 5.82 Å². The minimum atomic E-state index is -0.210. The molecule has 0 bridgehead atoms. The topological polar surface area (TPSA) is 85.8 Å². The molecule has 1 heterocycles. The standard InChI is InChI=1S/C14H19N5O/c1-3-19-9-16-18-13(19)11-5-4-6-12(7-11)17-14(20)10(2)8-15/h4-7,9-10H,3,8,15H2,1-2H3,(H,17,20). The summed E-state index contributed by atoms with van der Waals surface area (Å²) in [6.45, 7) is 4.95. The SMILES string of the molecule is CCn1cnnc1-c1cccc(NC(=O)C(C)CN)c1. The molecule has 106 valence electrons. The van der Waals surface area contributed by atoms with Crippen molar-refractivity contribution in [2.75, 3.05) is 11.9 Å². The van der Waals surface area contributed by atoms with Gasteiger partial charge in [0.05, 0.1) is 0 Å². The van der Waals surface area contributed by atoms with E-state index in [0.717, 1.165) is 23.6 Å². The van der Waals surface area contributed by atoms with E-state index in [1.807, 2.05) is 35.8 Å². The Labute approximate surface area is 118 Å². The number of rotatable bonds is 5. The number of anilines is 1. The highest BCUT2D eigenvalue weighted by Crippen LogP contribution is 2.21. The Bertz CT molecular complexity index is 593. The Morgan fingerprint density at radius 1 is 1.50 bits per heavy atom. The van der Waals surface area contributed by atoms with Crippen LogP contribution in [-0.2, 0) is 11.3 Å². The molecule has 1 aromatic heterocycles. The fourth-order valence-electron chi connectivity index (χ4n) is 1.82. The first-order valence-corrected chi connectivity index (χ1v) is 6.64. The molecule has 3 N–H and O–H groups in total. The number of carbonyl (C=O) groups is 1. The molecule has 1 amide bonds. The van der Waals surface area contributed by atoms with Crippen molar-refractivity contribution < 1.29 is 4.79 Å². The Hall–Kier alpha value is -2.21. The number of aryl methyl sites for hydroxylation is 1. The lowest BCUT2D eigenvalue weighted by Gasteiger charge is -2.11. The highest BCUT2D eigenvalue weighted by molar-refractivity contribution is 5.93. The van der Waals surface area contributed by atoms with E-state index in [-0.39, 0.29) is 11.8 Å². The van der Waals surface area contributed by atoms with E-state index in [9.17, 15) is 4.79 Å². The molecule has 20 heavy (non-hydrogen) atoms. The summed E-state index contributed by atoms with van der Waals surface area (Å²) in [6.07, 6.45) is 1.69. The smallest absolute Gasteiger partial charge is 0.228 e. The third kappa shape index (κ3) is 3.03. The lowest BCUT2D eigenvalue weighted by molar-refractivity contribution is -0.119. The van der Waals surface area contributed by atoms with Crippen molar-refractivity contribution >= 4 is 11.6 Å². The van der Waals surface area contributed by atoms with Gasteiger partial charge in [0.2, 0.25) is 5.91 Å². The van der Waals surface area contributed by atoms with E-state index < -0.39 is 0 Å². The highest BCUT2D eigenvalue weighted by atomic mass is 16.1. The van der Waals surface area contributed by atoms with Crippen LogP contribution in [0, 0.1) is 5.92 Å². The molecule has 0 aliphatic carbocycles. The summed E-state index contributed by atoms with van der Waals surface area (Å²) in [6, 6.07) is 7.56. The zero-order valence-electron chi connectivity index (χ0n) is 11.7.